The lowest BCUT2D eigenvalue weighted by Crippen LogP contribution is -2.56. The van der Waals surface area contributed by atoms with Crippen LogP contribution in [0, 0.1) is 0 Å². The number of hydrogen-bond acceptors (Lipinski definition) is 4. The predicted molar refractivity (Wildman–Crippen MR) is 81.2 cm³/mol. The topological polar surface area (TPSA) is 78.7 Å². The van der Waals surface area contributed by atoms with Gasteiger partial charge >= 0.3 is 0 Å². The molecule has 0 amide bonds. The number of nitrogens with one attached hydrogen (secondary N) is 1. The van der Waals surface area contributed by atoms with Gasteiger partial charge < -0.3 is 5.73 Å². The van der Waals surface area contributed by atoms with Crippen molar-refractivity contribution in [3.05, 3.63) is 0 Å². The highest BCUT2D eigenvalue weighted by atomic mass is 32.2. The first-order chi connectivity index (χ1) is 8.92. The highest BCUT2D eigenvalue weighted by Crippen LogP contribution is 2.11. The zero-order chi connectivity index (χ0) is 14.5. The van der Waals surface area contributed by atoms with Gasteiger partial charge in [0.15, 0.2) is 0 Å². The van der Waals surface area contributed by atoms with Crippen LogP contribution < -0.4 is 10.5 Å². The molecule has 1 rings (SSSR count). The number of rotatable bonds is 7. The Labute approximate surface area is 121 Å². The third-order valence-electron chi connectivity index (χ3n) is 3.30. The summed E-state index contributed by atoms with van der Waals surface area (Å²) in [5.74, 6) is 0. The van der Waals surface area contributed by atoms with E-state index in [-0.39, 0.29) is 6.04 Å². The molecule has 0 aliphatic carbocycles. The van der Waals surface area contributed by atoms with Gasteiger partial charge in [-0.15, -0.1) is 0 Å². The lowest BCUT2D eigenvalue weighted by Gasteiger charge is -2.37. The summed E-state index contributed by atoms with van der Waals surface area (Å²) in [5.41, 5.74) is 5.71. The molecule has 19 heavy (non-hydrogen) atoms. The summed E-state index contributed by atoms with van der Waals surface area (Å²) in [7, 11) is -3.33. The van der Waals surface area contributed by atoms with Crippen molar-refractivity contribution in [2.24, 2.45) is 5.73 Å². The third-order valence-corrected chi connectivity index (χ3v) is 5.19. The van der Waals surface area contributed by atoms with Crippen molar-refractivity contribution in [1.29, 1.82) is 0 Å². The second-order valence-corrected chi connectivity index (χ2v) is 6.89. The fourth-order valence-corrected chi connectivity index (χ4v) is 3.82. The third kappa shape index (κ3) is 4.64. The van der Waals surface area contributed by atoms with Crippen molar-refractivity contribution in [2.75, 3.05) is 32.7 Å². The van der Waals surface area contributed by atoms with Gasteiger partial charge in [0.25, 0.3) is 10.2 Å². The van der Waals surface area contributed by atoms with E-state index in [0.717, 1.165) is 12.8 Å². The molecule has 0 spiro atoms. The van der Waals surface area contributed by atoms with Crippen molar-refractivity contribution in [3.8, 4) is 0 Å². The summed E-state index contributed by atoms with van der Waals surface area (Å²) in [6.45, 7) is 6.76. The van der Waals surface area contributed by atoms with Crippen LogP contribution in [0.3, 0.4) is 0 Å². The summed E-state index contributed by atoms with van der Waals surface area (Å²) in [6, 6.07) is 0.0726. The van der Waals surface area contributed by atoms with Crippen LogP contribution in [0.15, 0.2) is 0 Å². The van der Waals surface area contributed by atoms with Crippen molar-refractivity contribution in [2.45, 2.75) is 32.7 Å². The molecule has 0 radical (unpaired) electrons. The molecular formula is C11H24N4O2S2. The summed E-state index contributed by atoms with van der Waals surface area (Å²) < 4.78 is 28.0. The lowest BCUT2D eigenvalue weighted by atomic mass is 10.1. The molecule has 0 aromatic carbocycles. The maximum absolute atomic E-state index is 12.0. The molecule has 1 saturated heterocycles. The van der Waals surface area contributed by atoms with E-state index in [9.17, 15) is 8.42 Å². The van der Waals surface area contributed by atoms with Crippen molar-refractivity contribution >= 4 is 27.4 Å². The Morgan fingerprint density at radius 1 is 1.32 bits per heavy atom. The van der Waals surface area contributed by atoms with Crippen molar-refractivity contribution in [1.82, 2.24) is 13.9 Å². The first-order valence-electron chi connectivity index (χ1n) is 6.70. The average Bonchev–Trinajstić information content (AvgIpc) is 2.37. The van der Waals surface area contributed by atoms with Crippen LogP contribution in [0.1, 0.15) is 26.7 Å². The van der Waals surface area contributed by atoms with Crippen LogP contribution in [-0.4, -0.2) is 61.4 Å². The molecule has 3 N–H and O–H groups in total. The van der Waals surface area contributed by atoms with Gasteiger partial charge in [-0.3, -0.25) is 4.90 Å². The Kier molecular flexibility index (Phi) is 6.61. The van der Waals surface area contributed by atoms with Crippen LogP contribution in [0.25, 0.3) is 0 Å². The standard InChI is InChI=1S/C11H24N4O2S2/c1-3-5-13-19(16,17)15-8-6-14(7-9-15)10(4-2)11(12)18/h10,13H,3-9H2,1-2H3,(H2,12,18). The van der Waals surface area contributed by atoms with E-state index >= 15 is 0 Å². The van der Waals surface area contributed by atoms with Gasteiger partial charge in [0.1, 0.15) is 0 Å². The normalized spacial score (nSPS) is 20.3. The molecule has 0 aromatic heterocycles. The first-order valence-corrected chi connectivity index (χ1v) is 8.55. The highest BCUT2D eigenvalue weighted by molar-refractivity contribution is 7.87. The lowest BCUT2D eigenvalue weighted by molar-refractivity contribution is 0.164. The van der Waals surface area contributed by atoms with Gasteiger partial charge in [-0.25, -0.2) is 4.72 Å². The minimum absolute atomic E-state index is 0.0726. The zero-order valence-corrected chi connectivity index (χ0v) is 13.3. The Morgan fingerprint density at radius 2 is 1.89 bits per heavy atom. The van der Waals surface area contributed by atoms with E-state index in [2.05, 4.69) is 9.62 Å². The Hall–Kier alpha value is -0.280. The van der Waals surface area contributed by atoms with Gasteiger partial charge in [-0.2, -0.15) is 12.7 Å². The van der Waals surface area contributed by atoms with Crippen LogP contribution in [0.4, 0.5) is 0 Å². The molecule has 0 saturated carbocycles. The molecule has 1 heterocycles. The number of nitrogens with two attached hydrogens (primary N) is 1. The Bertz CT molecular complexity index is 391. The molecule has 8 heteroatoms. The minimum atomic E-state index is -3.33. The Morgan fingerprint density at radius 3 is 2.32 bits per heavy atom. The SMILES string of the molecule is CCCNS(=O)(=O)N1CCN(C(CC)C(N)=S)CC1. The summed E-state index contributed by atoms with van der Waals surface area (Å²) in [4.78, 5) is 2.65. The van der Waals surface area contributed by atoms with E-state index < -0.39 is 10.2 Å². The maximum atomic E-state index is 12.0. The minimum Gasteiger partial charge on any atom is -0.392 e. The van der Waals surface area contributed by atoms with Crippen LogP contribution >= 0.6 is 12.2 Å². The summed E-state index contributed by atoms with van der Waals surface area (Å²) in [6.07, 6.45) is 1.65. The van der Waals surface area contributed by atoms with E-state index in [1.807, 2.05) is 13.8 Å². The Balaban J connectivity index is 2.55. The van der Waals surface area contributed by atoms with Gasteiger partial charge in [0.05, 0.1) is 11.0 Å². The highest BCUT2D eigenvalue weighted by Gasteiger charge is 2.29. The molecule has 0 bridgehead atoms. The fraction of sp³-hybridized carbons (Fsp3) is 0.909. The zero-order valence-electron chi connectivity index (χ0n) is 11.6. The fourth-order valence-electron chi connectivity index (χ4n) is 2.22. The molecule has 1 fully saturated rings. The molecule has 1 atom stereocenters. The quantitative estimate of drug-likeness (QED) is 0.643. The number of hydrogen-bond donors (Lipinski definition) is 2. The second-order valence-electron chi connectivity index (χ2n) is 4.66. The second kappa shape index (κ2) is 7.49. The van der Waals surface area contributed by atoms with Crippen LogP contribution in [0.5, 0.6) is 0 Å². The van der Waals surface area contributed by atoms with E-state index in [4.69, 9.17) is 18.0 Å². The largest absolute Gasteiger partial charge is 0.392 e. The van der Waals surface area contributed by atoms with E-state index in [1.54, 1.807) is 0 Å². The van der Waals surface area contributed by atoms with E-state index in [0.29, 0.717) is 37.7 Å². The van der Waals surface area contributed by atoms with Gasteiger partial charge in [0.2, 0.25) is 0 Å². The molecule has 6 nitrogen and oxygen atoms in total. The molecule has 1 unspecified atom stereocenters. The van der Waals surface area contributed by atoms with Crippen LogP contribution in [-0.2, 0) is 10.2 Å². The van der Waals surface area contributed by atoms with Crippen LogP contribution in [0.2, 0.25) is 0 Å². The summed E-state index contributed by atoms with van der Waals surface area (Å²) in [5, 5.41) is 0. The molecule has 1 aliphatic rings. The smallest absolute Gasteiger partial charge is 0.279 e. The number of thiocarbonyl (C=S) groups is 1. The summed E-state index contributed by atoms with van der Waals surface area (Å²) >= 11 is 5.05. The molecule has 1 aliphatic heterocycles. The monoisotopic (exact) mass is 308 g/mol. The first kappa shape index (κ1) is 16.8. The van der Waals surface area contributed by atoms with Crippen molar-refractivity contribution < 1.29 is 8.42 Å². The van der Waals surface area contributed by atoms with E-state index in [1.165, 1.54) is 4.31 Å². The van der Waals surface area contributed by atoms with Crippen molar-refractivity contribution in [3.63, 3.8) is 0 Å². The molecular weight excluding hydrogens is 284 g/mol. The number of nitrogens with zero attached hydrogens (tertiary/aromatic N) is 2. The van der Waals surface area contributed by atoms with Gasteiger partial charge in [0, 0.05) is 32.7 Å². The number of piperazine rings is 1. The molecule has 0 aromatic rings. The molecule has 112 valence electrons. The van der Waals surface area contributed by atoms with Gasteiger partial charge in [-0.1, -0.05) is 26.1 Å². The van der Waals surface area contributed by atoms with Gasteiger partial charge in [-0.05, 0) is 12.8 Å². The predicted octanol–water partition coefficient (Wildman–Crippen LogP) is -0.0869. The average molecular weight is 308 g/mol. The maximum Gasteiger partial charge on any atom is 0.279 e.